The lowest BCUT2D eigenvalue weighted by molar-refractivity contribution is 0.540. The summed E-state index contributed by atoms with van der Waals surface area (Å²) in [5.41, 5.74) is 1.21. The fourth-order valence-corrected chi connectivity index (χ4v) is 1.75. The molecular formula is C14H19N. The number of hydrogen-bond donors (Lipinski definition) is 0. The van der Waals surface area contributed by atoms with Crippen LogP contribution in [0.15, 0.2) is 36.0 Å². The summed E-state index contributed by atoms with van der Waals surface area (Å²) in [6.45, 7) is 8.56. The molecule has 1 unspecified atom stereocenters. The zero-order valence-electron chi connectivity index (χ0n) is 10.0. The molecule has 0 heterocycles. The summed E-state index contributed by atoms with van der Waals surface area (Å²) in [7, 11) is 0. The summed E-state index contributed by atoms with van der Waals surface area (Å²) >= 11 is 0. The van der Waals surface area contributed by atoms with Crippen molar-refractivity contribution in [3.63, 3.8) is 0 Å². The van der Waals surface area contributed by atoms with E-state index in [1.807, 2.05) is 0 Å². The second-order valence-corrected chi connectivity index (χ2v) is 5.22. The molecule has 0 aromatic carbocycles. The SMILES string of the molecule is CC1=C/C(C)(C)/C=C\C(C)(CC#N)/C=C\1. The predicted octanol–water partition coefficient (Wildman–Crippen LogP) is 4.00. The zero-order chi connectivity index (χ0) is 11.5. The molecule has 1 aliphatic carbocycles. The first-order valence-electron chi connectivity index (χ1n) is 5.33. The van der Waals surface area contributed by atoms with Crippen molar-refractivity contribution >= 4 is 0 Å². The lowest BCUT2D eigenvalue weighted by Gasteiger charge is -2.24. The van der Waals surface area contributed by atoms with Gasteiger partial charge >= 0.3 is 0 Å². The van der Waals surface area contributed by atoms with Crippen LogP contribution in [0.1, 0.15) is 34.1 Å². The van der Waals surface area contributed by atoms with E-state index >= 15 is 0 Å². The summed E-state index contributed by atoms with van der Waals surface area (Å²) in [4.78, 5) is 0. The Balaban J connectivity index is 3.11. The van der Waals surface area contributed by atoms with Gasteiger partial charge in [0.25, 0.3) is 0 Å². The van der Waals surface area contributed by atoms with Gasteiger partial charge in [-0.25, -0.2) is 0 Å². The Morgan fingerprint density at radius 3 is 2.47 bits per heavy atom. The van der Waals surface area contributed by atoms with Crippen LogP contribution in [0.5, 0.6) is 0 Å². The maximum atomic E-state index is 8.81. The van der Waals surface area contributed by atoms with Crippen LogP contribution in [0.4, 0.5) is 0 Å². The molecule has 0 fully saturated rings. The standard InChI is InChI=1S/C14H19N/c1-12-5-6-14(4,9-10-15)8-7-13(2,3)11-12/h5-8,11H,9H2,1-4H3/b6-5-,8-7-,12-11-. The van der Waals surface area contributed by atoms with Gasteiger partial charge in [-0.05, 0) is 6.92 Å². The lowest BCUT2D eigenvalue weighted by Crippen LogP contribution is -2.13. The molecule has 1 heteroatoms. The number of rotatable bonds is 1. The quantitative estimate of drug-likeness (QED) is 0.588. The van der Waals surface area contributed by atoms with Crippen molar-refractivity contribution in [1.82, 2.24) is 0 Å². The molecule has 1 nitrogen and oxygen atoms in total. The minimum atomic E-state index is -0.123. The number of nitrogens with zero attached hydrogens (tertiary/aromatic N) is 1. The van der Waals surface area contributed by atoms with Gasteiger partial charge in [-0.15, -0.1) is 0 Å². The van der Waals surface area contributed by atoms with Gasteiger partial charge in [0, 0.05) is 17.3 Å². The van der Waals surface area contributed by atoms with Crippen molar-refractivity contribution < 1.29 is 0 Å². The minimum absolute atomic E-state index is 0.0750. The van der Waals surface area contributed by atoms with Gasteiger partial charge < -0.3 is 0 Å². The van der Waals surface area contributed by atoms with Crippen molar-refractivity contribution in [2.24, 2.45) is 10.8 Å². The Hall–Kier alpha value is -1.29. The highest BCUT2D eigenvalue weighted by molar-refractivity contribution is 5.29. The fourth-order valence-electron chi connectivity index (χ4n) is 1.75. The third-order valence-electron chi connectivity index (χ3n) is 2.68. The van der Waals surface area contributed by atoms with E-state index in [1.165, 1.54) is 5.57 Å². The Morgan fingerprint density at radius 1 is 1.20 bits per heavy atom. The summed E-state index contributed by atoms with van der Waals surface area (Å²) in [6, 6.07) is 2.25. The van der Waals surface area contributed by atoms with Gasteiger partial charge in [0.1, 0.15) is 0 Å². The van der Waals surface area contributed by atoms with E-state index in [2.05, 4.69) is 64.1 Å². The third-order valence-corrected chi connectivity index (χ3v) is 2.68. The highest BCUT2D eigenvalue weighted by Gasteiger charge is 2.20. The molecule has 0 saturated heterocycles. The fraction of sp³-hybridized carbons (Fsp3) is 0.500. The van der Waals surface area contributed by atoms with E-state index in [9.17, 15) is 0 Å². The number of nitriles is 1. The van der Waals surface area contributed by atoms with E-state index in [0.717, 1.165) is 0 Å². The van der Waals surface area contributed by atoms with Crippen molar-refractivity contribution in [2.45, 2.75) is 34.1 Å². The molecule has 0 aromatic heterocycles. The van der Waals surface area contributed by atoms with Gasteiger partial charge in [-0.3, -0.25) is 0 Å². The maximum Gasteiger partial charge on any atom is 0.0634 e. The summed E-state index contributed by atoms with van der Waals surface area (Å²) in [5.74, 6) is 0. The second kappa shape index (κ2) is 4.06. The molecule has 0 amide bonds. The molecule has 15 heavy (non-hydrogen) atoms. The highest BCUT2D eigenvalue weighted by atomic mass is 14.3. The first-order chi connectivity index (χ1) is 6.87. The summed E-state index contributed by atoms with van der Waals surface area (Å²) < 4.78 is 0. The number of allylic oxidation sites excluding steroid dienone is 6. The molecule has 1 atom stereocenters. The van der Waals surface area contributed by atoms with E-state index in [0.29, 0.717) is 6.42 Å². The van der Waals surface area contributed by atoms with Crippen LogP contribution in [0.25, 0.3) is 0 Å². The predicted molar refractivity (Wildman–Crippen MR) is 64.2 cm³/mol. The highest BCUT2D eigenvalue weighted by Crippen LogP contribution is 2.32. The van der Waals surface area contributed by atoms with Gasteiger partial charge in [0.15, 0.2) is 0 Å². The van der Waals surface area contributed by atoms with Gasteiger partial charge in [-0.2, -0.15) is 5.26 Å². The van der Waals surface area contributed by atoms with Crippen LogP contribution >= 0.6 is 0 Å². The van der Waals surface area contributed by atoms with E-state index in [-0.39, 0.29) is 10.8 Å². The van der Waals surface area contributed by atoms with Crippen LogP contribution < -0.4 is 0 Å². The van der Waals surface area contributed by atoms with Crippen molar-refractivity contribution in [2.75, 3.05) is 0 Å². The minimum Gasteiger partial charge on any atom is -0.198 e. The Kier molecular flexibility index (Phi) is 3.19. The first-order valence-corrected chi connectivity index (χ1v) is 5.33. The lowest BCUT2D eigenvalue weighted by atomic mass is 9.80. The van der Waals surface area contributed by atoms with Crippen LogP contribution in [-0.4, -0.2) is 0 Å². The molecule has 0 aromatic rings. The topological polar surface area (TPSA) is 23.8 Å². The average molecular weight is 201 g/mol. The Bertz CT molecular complexity index is 363. The molecule has 1 aliphatic rings. The second-order valence-electron chi connectivity index (χ2n) is 5.22. The third kappa shape index (κ3) is 3.40. The average Bonchev–Trinajstić information content (AvgIpc) is 2.11. The van der Waals surface area contributed by atoms with E-state index < -0.39 is 0 Å². The van der Waals surface area contributed by atoms with E-state index in [4.69, 9.17) is 5.26 Å². The zero-order valence-corrected chi connectivity index (χ0v) is 10.0. The molecule has 0 saturated carbocycles. The van der Waals surface area contributed by atoms with Crippen molar-refractivity contribution in [1.29, 1.82) is 5.26 Å². The monoisotopic (exact) mass is 201 g/mol. The van der Waals surface area contributed by atoms with Gasteiger partial charge in [0.2, 0.25) is 0 Å². The Morgan fingerprint density at radius 2 is 1.87 bits per heavy atom. The van der Waals surface area contributed by atoms with Crippen LogP contribution in [-0.2, 0) is 0 Å². The van der Waals surface area contributed by atoms with Crippen LogP contribution in [0.2, 0.25) is 0 Å². The summed E-state index contributed by atoms with van der Waals surface area (Å²) in [5, 5.41) is 8.81. The molecule has 1 rings (SSSR count). The van der Waals surface area contributed by atoms with Crippen LogP contribution in [0, 0.1) is 22.2 Å². The molecule has 0 N–H and O–H groups in total. The van der Waals surface area contributed by atoms with Gasteiger partial charge in [0.05, 0.1) is 6.07 Å². The molecule has 0 bridgehead atoms. The maximum absolute atomic E-state index is 8.81. The van der Waals surface area contributed by atoms with Crippen molar-refractivity contribution in [3.8, 4) is 6.07 Å². The molecule has 80 valence electrons. The molecule has 0 radical (unpaired) electrons. The molecule has 0 spiro atoms. The van der Waals surface area contributed by atoms with Crippen molar-refractivity contribution in [3.05, 3.63) is 36.0 Å². The molecule has 0 aliphatic heterocycles. The normalized spacial score (nSPS) is 36.6. The Labute approximate surface area is 92.8 Å². The van der Waals surface area contributed by atoms with Gasteiger partial charge in [-0.1, -0.05) is 56.7 Å². The largest absolute Gasteiger partial charge is 0.198 e. The van der Waals surface area contributed by atoms with E-state index in [1.54, 1.807) is 0 Å². The molecular weight excluding hydrogens is 182 g/mol. The van der Waals surface area contributed by atoms with Crippen LogP contribution in [0.3, 0.4) is 0 Å². The summed E-state index contributed by atoms with van der Waals surface area (Å²) in [6.07, 6.45) is 11.3. The number of hydrogen-bond acceptors (Lipinski definition) is 1. The smallest absolute Gasteiger partial charge is 0.0634 e. The first kappa shape index (κ1) is 11.8.